The summed E-state index contributed by atoms with van der Waals surface area (Å²) in [5, 5.41) is 54.3. The monoisotopic (exact) mass is 906 g/mol. The van der Waals surface area contributed by atoms with E-state index in [1.165, 1.54) is 44.9 Å². The van der Waals surface area contributed by atoms with E-state index in [1.807, 2.05) is 6.08 Å². The Morgan fingerprint density at radius 3 is 1.48 bits per heavy atom. The van der Waals surface area contributed by atoms with Crippen molar-refractivity contribution in [2.24, 2.45) is 0 Å². The summed E-state index contributed by atoms with van der Waals surface area (Å²) in [5.74, 6) is -0.229. The van der Waals surface area contributed by atoms with Crippen LogP contribution in [0, 0.1) is 0 Å². The van der Waals surface area contributed by atoms with E-state index in [2.05, 4.69) is 129 Å². The van der Waals surface area contributed by atoms with Crippen LogP contribution in [0.5, 0.6) is 0 Å². The van der Waals surface area contributed by atoms with Crippen LogP contribution in [0.3, 0.4) is 0 Å². The summed E-state index contributed by atoms with van der Waals surface area (Å²) in [5.41, 5.74) is 0. The predicted molar refractivity (Wildman–Crippen MR) is 271 cm³/mol. The van der Waals surface area contributed by atoms with Gasteiger partial charge in [-0.05, 0) is 103 Å². The van der Waals surface area contributed by atoms with E-state index in [9.17, 15) is 30.3 Å². The molecule has 0 bridgehead atoms. The van der Waals surface area contributed by atoms with E-state index in [-0.39, 0.29) is 18.9 Å². The van der Waals surface area contributed by atoms with Crippen molar-refractivity contribution in [2.45, 2.75) is 211 Å². The van der Waals surface area contributed by atoms with Gasteiger partial charge in [-0.3, -0.25) is 4.79 Å². The minimum absolute atomic E-state index is 0.228. The molecule has 9 nitrogen and oxygen atoms in total. The maximum Gasteiger partial charge on any atom is 0.220 e. The molecule has 0 aliphatic carbocycles. The molecule has 7 unspecified atom stereocenters. The first-order chi connectivity index (χ1) is 31.8. The number of unbranched alkanes of at least 4 members (excludes halogenated alkanes) is 12. The first-order valence-corrected chi connectivity index (χ1v) is 25.3. The molecule has 6 N–H and O–H groups in total. The van der Waals surface area contributed by atoms with Crippen molar-refractivity contribution in [3.05, 3.63) is 122 Å². The van der Waals surface area contributed by atoms with E-state index in [4.69, 9.17) is 9.47 Å². The van der Waals surface area contributed by atoms with Gasteiger partial charge in [0.25, 0.3) is 0 Å². The Bertz CT molecular complexity index is 1420. The number of allylic oxidation sites excluding steroid dienone is 19. The van der Waals surface area contributed by atoms with E-state index in [0.717, 1.165) is 89.9 Å². The smallest absolute Gasteiger partial charge is 0.220 e. The topological polar surface area (TPSA) is 149 Å². The second kappa shape index (κ2) is 44.4. The molecule has 1 amide bonds. The highest BCUT2D eigenvalue weighted by atomic mass is 16.7. The first kappa shape index (κ1) is 59.6. The molecule has 0 aromatic heterocycles. The van der Waals surface area contributed by atoms with Crippen LogP contribution in [0.1, 0.15) is 168 Å². The third kappa shape index (κ3) is 34.5. The molecule has 0 aromatic carbocycles. The zero-order chi connectivity index (χ0) is 47.3. The molecule has 1 rings (SSSR count). The van der Waals surface area contributed by atoms with Gasteiger partial charge in [0.15, 0.2) is 6.29 Å². The standard InChI is InChI=1S/C56H91NO8/c1-3-5-7-9-11-13-15-17-19-21-22-23-24-25-26-27-28-30-32-34-36-38-40-42-44-46-52(60)57-49(48-64-56-55(63)54(62)53(61)51(47-58)65-56)50(59)45-43-41-39-37-35-33-31-29-20-18-16-14-12-10-8-6-4-2/h5,7,11,13,17,19-20,22-23,25-26,28-30,34-37,43,45,49-51,53-56,58-59,61-63H,3-4,6,8-10,12,14-16,18,21,24,27,31-33,38-42,44,46-48H2,1-2H3,(H,57,60)/b7-5-,13-11-,19-17-,23-22-,26-25-,29-20+,30-28-,36-34-,37-35+,45-43+. The molecule has 0 aromatic rings. The lowest BCUT2D eigenvalue weighted by Gasteiger charge is -2.40. The van der Waals surface area contributed by atoms with Crippen molar-refractivity contribution in [3.8, 4) is 0 Å². The van der Waals surface area contributed by atoms with Crippen molar-refractivity contribution < 1.29 is 39.8 Å². The van der Waals surface area contributed by atoms with Crippen molar-refractivity contribution in [2.75, 3.05) is 13.2 Å². The van der Waals surface area contributed by atoms with Crippen molar-refractivity contribution >= 4 is 5.91 Å². The quantitative estimate of drug-likeness (QED) is 0.0263. The van der Waals surface area contributed by atoms with Crippen LogP contribution >= 0.6 is 0 Å². The van der Waals surface area contributed by atoms with Gasteiger partial charge in [0.05, 0.1) is 25.4 Å². The second-order valence-electron chi connectivity index (χ2n) is 16.9. The molecular formula is C56H91NO8. The molecule has 368 valence electrons. The lowest BCUT2D eigenvalue weighted by Crippen LogP contribution is -2.60. The fourth-order valence-corrected chi connectivity index (χ4v) is 6.99. The number of hydrogen-bond donors (Lipinski definition) is 6. The highest BCUT2D eigenvalue weighted by Crippen LogP contribution is 2.22. The lowest BCUT2D eigenvalue weighted by atomic mass is 9.99. The Morgan fingerprint density at radius 2 is 0.969 bits per heavy atom. The van der Waals surface area contributed by atoms with Crippen LogP contribution in [0.15, 0.2) is 122 Å². The summed E-state index contributed by atoms with van der Waals surface area (Å²) in [6.45, 7) is 3.59. The molecule has 7 atom stereocenters. The number of carbonyl (C=O) groups excluding carboxylic acids is 1. The Hall–Kier alpha value is -3.41. The Labute approximate surface area is 395 Å². The minimum Gasteiger partial charge on any atom is -0.394 e. The molecule has 1 aliphatic heterocycles. The van der Waals surface area contributed by atoms with Gasteiger partial charge >= 0.3 is 0 Å². The summed E-state index contributed by atoms with van der Waals surface area (Å²) < 4.78 is 11.2. The number of amides is 1. The first-order valence-electron chi connectivity index (χ1n) is 25.3. The SMILES string of the molecule is CC/C=C\C/C=C\C/C=C\C/C=C\C/C=C\C/C=C\C/C=C\CCCCCC(=O)NC(COC1OC(CO)C(O)C(O)C1O)C(O)/C=C/CC/C=C/CC/C=C/CCCCCCCCC. The third-order valence-electron chi connectivity index (χ3n) is 11.0. The minimum atomic E-state index is -1.59. The number of ether oxygens (including phenoxy) is 2. The van der Waals surface area contributed by atoms with Crippen LogP contribution in [0.25, 0.3) is 0 Å². The molecule has 0 saturated carbocycles. The molecule has 65 heavy (non-hydrogen) atoms. The number of aliphatic hydroxyl groups is 5. The van der Waals surface area contributed by atoms with Crippen LogP contribution in [-0.4, -0.2) is 87.5 Å². The van der Waals surface area contributed by atoms with Crippen molar-refractivity contribution in [3.63, 3.8) is 0 Å². The summed E-state index contributed by atoms with van der Waals surface area (Å²) in [6, 6.07) is -0.855. The molecule has 1 fully saturated rings. The van der Waals surface area contributed by atoms with Gasteiger partial charge < -0.3 is 40.3 Å². The van der Waals surface area contributed by atoms with E-state index in [1.54, 1.807) is 6.08 Å². The van der Waals surface area contributed by atoms with Gasteiger partial charge in [0.1, 0.15) is 24.4 Å². The average Bonchev–Trinajstić information content (AvgIpc) is 3.31. The summed E-state index contributed by atoms with van der Waals surface area (Å²) >= 11 is 0. The fourth-order valence-electron chi connectivity index (χ4n) is 6.99. The zero-order valence-electron chi connectivity index (χ0n) is 40.4. The molecule has 1 heterocycles. The number of nitrogens with one attached hydrogen (secondary N) is 1. The van der Waals surface area contributed by atoms with E-state index < -0.39 is 49.5 Å². The number of hydrogen-bond acceptors (Lipinski definition) is 8. The Morgan fingerprint density at radius 1 is 0.538 bits per heavy atom. The zero-order valence-corrected chi connectivity index (χ0v) is 40.4. The lowest BCUT2D eigenvalue weighted by molar-refractivity contribution is -0.302. The molecule has 0 radical (unpaired) electrons. The summed E-state index contributed by atoms with van der Waals surface area (Å²) in [4.78, 5) is 13.0. The van der Waals surface area contributed by atoms with Crippen LogP contribution in [0.2, 0.25) is 0 Å². The normalized spacial score (nSPS) is 21.0. The van der Waals surface area contributed by atoms with Crippen LogP contribution < -0.4 is 5.32 Å². The number of aliphatic hydroxyl groups excluding tert-OH is 5. The van der Waals surface area contributed by atoms with Crippen molar-refractivity contribution in [1.82, 2.24) is 5.32 Å². The molecule has 1 aliphatic rings. The van der Waals surface area contributed by atoms with Gasteiger partial charge in [-0.15, -0.1) is 0 Å². The highest BCUT2D eigenvalue weighted by Gasteiger charge is 2.44. The van der Waals surface area contributed by atoms with Gasteiger partial charge in [-0.25, -0.2) is 0 Å². The van der Waals surface area contributed by atoms with Gasteiger partial charge in [0, 0.05) is 6.42 Å². The van der Waals surface area contributed by atoms with E-state index in [0.29, 0.717) is 12.8 Å². The number of rotatable bonds is 40. The number of carbonyl (C=O) groups is 1. The fraction of sp³-hybridized carbons (Fsp3) is 0.625. The molecule has 9 heteroatoms. The van der Waals surface area contributed by atoms with Gasteiger partial charge in [-0.1, -0.05) is 180 Å². The summed E-state index contributed by atoms with van der Waals surface area (Å²) in [6.07, 6.45) is 59.5. The van der Waals surface area contributed by atoms with E-state index >= 15 is 0 Å². The third-order valence-corrected chi connectivity index (χ3v) is 11.0. The average molecular weight is 906 g/mol. The maximum atomic E-state index is 13.0. The summed E-state index contributed by atoms with van der Waals surface area (Å²) in [7, 11) is 0. The Balaban J connectivity index is 2.38. The highest BCUT2D eigenvalue weighted by molar-refractivity contribution is 5.76. The molecule has 0 spiro atoms. The largest absolute Gasteiger partial charge is 0.394 e. The van der Waals surface area contributed by atoms with Gasteiger partial charge in [-0.2, -0.15) is 0 Å². The predicted octanol–water partition coefficient (Wildman–Crippen LogP) is 11.6. The maximum absolute atomic E-state index is 13.0. The Kier molecular flexibility index (Phi) is 40.7. The van der Waals surface area contributed by atoms with Crippen LogP contribution in [0.4, 0.5) is 0 Å². The van der Waals surface area contributed by atoms with Crippen LogP contribution in [-0.2, 0) is 14.3 Å². The van der Waals surface area contributed by atoms with Crippen molar-refractivity contribution in [1.29, 1.82) is 0 Å². The van der Waals surface area contributed by atoms with Gasteiger partial charge in [0.2, 0.25) is 5.91 Å². The molecular weight excluding hydrogens is 815 g/mol. The second-order valence-corrected chi connectivity index (χ2v) is 16.9. The molecule has 1 saturated heterocycles.